The monoisotopic (exact) mass is 444 g/mol. The molecule has 0 unspecified atom stereocenters. The van der Waals surface area contributed by atoms with E-state index in [0.29, 0.717) is 40.7 Å². The fraction of sp³-hybridized carbons (Fsp3) is 0.522. The van der Waals surface area contributed by atoms with Crippen molar-refractivity contribution in [3.8, 4) is 11.5 Å². The van der Waals surface area contributed by atoms with Crippen molar-refractivity contribution in [2.75, 3.05) is 12.9 Å². The van der Waals surface area contributed by atoms with Crippen molar-refractivity contribution in [1.82, 2.24) is 20.1 Å². The van der Waals surface area contributed by atoms with Crippen LogP contribution in [0.1, 0.15) is 44.0 Å². The van der Waals surface area contributed by atoms with E-state index in [4.69, 9.17) is 9.47 Å². The minimum atomic E-state index is 0.0408. The Bertz CT molecular complexity index is 899. The van der Waals surface area contributed by atoms with Crippen LogP contribution in [0.2, 0.25) is 0 Å². The number of rotatable bonds is 10. The number of nitrogens with zero attached hydrogens (tertiary/aromatic N) is 3. The fourth-order valence-electron chi connectivity index (χ4n) is 3.79. The zero-order valence-electron chi connectivity index (χ0n) is 18.6. The van der Waals surface area contributed by atoms with Crippen LogP contribution < -0.4 is 14.8 Å². The fourth-order valence-corrected chi connectivity index (χ4v) is 4.57. The van der Waals surface area contributed by atoms with Crippen molar-refractivity contribution in [2.45, 2.75) is 63.9 Å². The van der Waals surface area contributed by atoms with Crippen molar-refractivity contribution in [3.63, 3.8) is 0 Å². The molecule has 0 saturated heterocycles. The lowest BCUT2D eigenvalue weighted by Crippen LogP contribution is -2.41. The summed E-state index contributed by atoms with van der Waals surface area (Å²) in [5.74, 6) is 2.89. The highest BCUT2D eigenvalue weighted by molar-refractivity contribution is 7.99. The van der Waals surface area contributed by atoms with Crippen LogP contribution in [0, 0.1) is 12.8 Å². The van der Waals surface area contributed by atoms with Gasteiger partial charge in [0, 0.05) is 12.6 Å². The summed E-state index contributed by atoms with van der Waals surface area (Å²) in [7, 11) is 1.62. The molecule has 1 N–H and O–H groups in total. The number of carbonyl (C=O) groups is 1. The molecule has 7 nitrogen and oxygen atoms in total. The molecule has 0 radical (unpaired) electrons. The maximum absolute atomic E-state index is 12.5. The first kappa shape index (κ1) is 23.2. The highest BCUT2D eigenvalue weighted by Crippen LogP contribution is 2.29. The molecule has 2 atom stereocenters. The van der Waals surface area contributed by atoms with E-state index in [1.165, 1.54) is 31.0 Å². The Labute approximate surface area is 188 Å². The largest absolute Gasteiger partial charge is 0.493 e. The van der Waals surface area contributed by atoms with Crippen molar-refractivity contribution < 1.29 is 14.3 Å². The van der Waals surface area contributed by atoms with Gasteiger partial charge < -0.3 is 14.8 Å². The van der Waals surface area contributed by atoms with Gasteiger partial charge in [0.05, 0.1) is 12.9 Å². The smallest absolute Gasteiger partial charge is 0.230 e. The number of thioether (sulfide) groups is 1. The number of amides is 1. The molecule has 31 heavy (non-hydrogen) atoms. The van der Waals surface area contributed by atoms with Gasteiger partial charge in [-0.05, 0) is 43.4 Å². The van der Waals surface area contributed by atoms with E-state index in [2.05, 4.69) is 29.0 Å². The third kappa shape index (κ3) is 6.26. The standard InChI is InChI=1S/C23H32N4O3S/c1-5-12-27-21(14-30-19-11-10-16(2)13-20(19)29-4)25-26-23(27)31-15-22(28)24-18-9-7-6-8-17(18)3/h5,10-11,13,17-18H,1,6-9,12,14-15H2,2-4H3,(H,24,28)/t17-,18-/m1/s1. The van der Waals surface area contributed by atoms with Crippen LogP contribution in [0.15, 0.2) is 36.0 Å². The lowest BCUT2D eigenvalue weighted by Gasteiger charge is -2.29. The third-order valence-corrected chi connectivity index (χ3v) is 6.54. The van der Waals surface area contributed by atoms with E-state index in [0.717, 1.165) is 12.0 Å². The molecule has 1 aromatic carbocycles. The van der Waals surface area contributed by atoms with Crippen LogP contribution in [0.25, 0.3) is 0 Å². The molecule has 3 rings (SSSR count). The topological polar surface area (TPSA) is 78.3 Å². The number of aryl methyl sites for hydroxylation is 1. The second kappa shape index (κ2) is 11.2. The van der Waals surface area contributed by atoms with Gasteiger partial charge in [-0.25, -0.2) is 0 Å². The average Bonchev–Trinajstić information content (AvgIpc) is 3.14. The summed E-state index contributed by atoms with van der Waals surface area (Å²) in [6, 6.07) is 6.06. The van der Waals surface area contributed by atoms with Gasteiger partial charge in [-0.2, -0.15) is 0 Å². The van der Waals surface area contributed by atoms with Gasteiger partial charge in [0.2, 0.25) is 5.91 Å². The molecular weight excluding hydrogens is 412 g/mol. The van der Waals surface area contributed by atoms with Gasteiger partial charge in [0.25, 0.3) is 0 Å². The van der Waals surface area contributed by atoms with Crippen LogP contribution >= 0.6 is 11.8 Å². The number of ether oxygens (including phenoxy) is 2. The lowest BCUT2D eigenvalue weighted by molar-refractivity contribution is -0.119. The van der Waals surface area contributed by atoms with Crippen molar-refractivity contribution in [2.24, 2.45) is 5.92 Å². The first-order valence-corrected chi connectivity index (χ1v) is 11.7. The Hall–Kier alpha value is -2.48. The summed E-state index contributed by atoms with van der Waals surface area (Å²) in [6.45, 7) is 8.83. The van der Waals surface area contributed by atoms with Crippen LogP contribution in [-0.4, -0.2) is 39.6 Å². The maximum Gasteiger partial charge on any atom is 0.230 e. The van der Waals surface area contributed by atoms with Gasteiger partial charge in [0.1, 0.15) is 6.61 Å². The van der Waals surface area contributed by atoms with E-state index < -0.39 is 0 Å². The third-order valence-electron chi connectivity index (χ3n) is 5.57. The number of aromatic nitrogens is 3. The average molecular weight is 445 g/mol. The molecule has 1 aliphatic carbocycles. The maximum atomic E-state index is 12.5. The zero-order chi connectivity index (χ0) is 22.2. The van der Waals surface area contributed by atoms with Gasteiger partial charge in [-0.3, -0.25) is 9.36 Å². The van der Waals surface area contributed by atoms with Crippen LogP contribution in [-0.2, 0) is 17.9 Å². The van der Waals surface area contributed by atoms with Crippen molar-refractivity contribution in [1.29, 1.82) is 0 Å². The zero-order valence-corrected chi connectivity index (χ0v) is 19.4. The van der Waals surface area contributed by atoms with Crippen LogP contribution in [0.5, 0.6) is 11.5 Å². The molecule has 1 fully saturated rings. The summed E-state index contributed by atoms with van der Waals surface area (Å²) >= 11 is 1.39. The molecule has 8 heteroatoms. The van der Waals surface area contributed by atoms with E-state index >= 15 is 0 Å². The van der Waals surface area contributed by atoms with E-state index in [1.54, 1.807) is 13.2 Å². The van der Waals surface area contributed by atoms with E-state index in [9.17, 15) is 4.79 Å². The molecule has 0 bridgehead atoms. The summed E-state index contributed by atoms with van der Waals surface area (Å²) < 4.78 is 13.3. The summed E-state index contributed by atoms with van der Waals surface area (Å²) in [5.41, 5.74) is 1.10. The normalized spacial score (nSPS) is 18.4. The lowest BCUT2D eigenvalue weighted by atomic mass is 9.86. The highest BCUT2D eigenvalue weighted by Gasteiger charge is 2.23. The predicted molar refractivity (Wildman–Crippen MR) is 123 cm³/mol. The molecule has 0 spiro atoms. The number of allylic oxidation sites excluding steroid dienone is 1. The molecule has 1 amide bonds. The summed E-state index contributed by atoms with van der Waals surface area (Å²) in [6.07, 6.45) is 6.47. The molecular formula is C23H32N4O3S. The van der Waals surface area contributed by atoms with Gasteiger partial charge in [0.15, 0.2) is 22.5 Å². The highest BCUT2D eigenvalue weighted by atomic mass is 32.2. The molecule has 1 aliphatic rings. The predicted octanol–water partition coefficient (Wildman–Crippen LogP) is 4.15. The molecule has 2 aromatic rings. The Morgan fingerprint density at radius 2 is 2.13 bits per heavy atom. The Morgan fingerprint density at radius 3 is 2.87 bits per heavy atom. The number of hydrogen-bond donors (Lipinski definition) is 1. The Morgan fingerprint density at radius 1 is 1.32 bits per heavy atom. The number of nitrogens with one attached hydrogen (secondary N) is 1. The first-order valence-electron chi connectivity index (χ1n) is 10.7. The second-order valence-corrected chi connectivity index (χ2v) is 8.91. The number of carbonyl (C=O) groups excluding carboxylic acids is 1. The van der Waals surface area contributed by atoms with Gasteiger partial charge >= 0.3 is 0 Å². The first-order chi connectivity index (χ1) is 15.0. The quantitative estimate of drug-likeness (QED) is 0.438. The molecule has 168 valence electrons. The van der Waals surface area contributed by atoms with Gasteiger partial charge in [-0.1, -0.05) is 43.7 Å². The van der Waals surface area contributed by atoms with Crippen molar-refractivity contribution >= 4 is 17.7 Å². The molecule has 1 saturated carbocycles. The molecule has 1 aromatic heterocycles. The van der Waals surface area contributed by atoms with Gasteiger partial charge in [-0.15, -0.1) is 16.8 Å². The molecule has 0 aliphatic heterocycles. The Balaban J connectivity index is 1.60. The minimum Gasteiger partial charge on any atom is -0.493 e. The van der Waals surface area contributed by atoms with Crippen LogP contribution in [0.3, 0.4) is 0 Å². The number of benzene rings is 1. The Kier molecular flexibility index (Phi) is 8.40. The minimum absolute atomic E-state index is 0.0408. The van der Waals surface area contributed by atoms with E-state index in [1.807, 2.05) is 29.7 Å². The summed E-state index contributed by atoms with van der Waals surface area (Å²) in [4.78, 5) is 12.5. The molecule has 1 heterocycles. The van der Waals surface area contributed by atoms with E-state index in [-0.39, 0.29) is 18.6 Å². The number of methoxy groups -OCH3 is 1. The van der Waals surface area contributed by atoms with Crippen LogP contribution in [0.4, 0.5) is 0 Å². The summed E-state index contributed by atoms with van der Waals surface area (Å²) in [5, 5.41) is 12.4. The second-order valence-electron chi connectivity index (χ2n) is 7.97. The SMILES string of the molecule is C=CCn1c(COc2ccc(C)cc2OC)nnc1SCC(=O)N[C@@H]1CCCC[C@H]1C. The number of hydrogen-bond acceptors (Lipinski definition) is 6. The van der Waals surface area contributed by atoms with Crippen molar-refractivity contribution in [3.05, 3.63) is 42.2 Å².